The summed E-state index contributed by atoms with van der Waals surface area (Å²) in [4.78, 5) is 15.4. The number of hydrogen-bond donors (Lipinski definition) is 1. The summed E-state index contributed by atoms with van der Waals surface area (Å²) in [7, 11) is 0. The Morgan fingerprint density at radius 1 is 1.29 bits per heavy atom. The Morgan fingerprint density at radius 2 is 1.95 bits per heavy atom. The Kier molecular flexibility index (Phi) is 4.03. The Balaban J connectivity index is 1.90. The number of hydrogen-bond acceptors (Lipinski definition) is 2. The summed E-state index contributed by atoms with van der Waals surface area (Å²) in [6.07, 6.45) is 5.35. The highest BCUT2D eigenvalue weighted by molar-refractivity contribution is 5.89. The predicted octanol–water partition coefficient (Wildman–Crippen LogP) is 2.69. The molecule has 0 spiro atoms. The van der Waals surface area contributed by atoms with E-state index in [0.717, 1.165) is 38.6 Å². The van der Waals surface area contributed by atoms with E-state index in [1.165, 1.54) is 5.56 Å². The van der Waals surface area contributed by atoms with Crippen LogP contribution in [0.2, 0.25) is 0 Å². The van der Waals surface area contributed by atoms with Gasteiger partial charge in [-0.05, 0) is 44.2 Å². The van der Waals surface area contributed by atoms with Gasteiger partial charge in [-0.1, -0.05) is 43.2 Å². The summed E-state index contributed by atoms with van der Waals surface area (Å²) in [6, 6.07) is 10.7. The summed E-state index contributed by atoms with van der Waals surface area (Å²) in [5.74, 6) is 0.813. The third-order valence-electron chi connectivity index (χ3n) is 5.45. The monoisotopic (exact) mass is 286 g/mol. The third kappa shape index (κ3) is 2.48. The molecule has 0 radical (unpaired) electrons. The molecule has 1 aliphatic heterocycles. The summed E-state index contributed by atoms with van der Waals surface area (Å²) >= 11 is 0. The van der Waals surface area contributed by atoms with E-state index in [4.69, 9.17) is 5.73 Å². The second-order valence-electron chi connectivity index (χ2n) is 6.80. The largest absolute Gasteiger partial charge is 0.339 e. The van der Waals surface area contributed by atoms with Crippen LogP contribution in [-0.4, -0.2) is 29.9 Å². The van der Waals surface area contributed by atoms with Crippen LogP contribution in [0.15, 0.2) is 30.3 Å². The van der Waals surface area contributed by atoms with Crippen LogP contribution in [-0.2, 0) is 10.2 Å². The summed E-state index contributed by atoms with van der Waals surface area (Å²) in [5, 5.41) is 0. The van der Waals surface area contributed by atoms with Crippen molar-refractivity contribution in [1.29, 1.82) is 0 Å². The van der Waals surface area contributed by atoms with Crippen molar-refractivity contribution in [3.05, 3.63) is 35.9 Å². The molecule has 2 unspecified atom stereocenters. The van der Waals surface area contributed by atoms with Gasteiger partial charge >= 0.3 is 0 Å². The van der Waals surface area contributed by atoms with E-state index in [1.54, 1.807) is 0 Å². The van der Waals surface area contributed by atoms with Gasteiger partial charge in [-0.15, -0.1) is 0 Å². The zero-order chi connectivity index (χ0) is 14.9. The Morgan fingerprint density at radius 3 is 2.52 bits per heavy atom. The first-order chi connectivity index (χ1) is 10.2. The fraction of sp³-hybridized carbons (Fsp3) is 0.611. The molecule has 2 aliphatic rings. The van der Waals surface area contributed by atoms with Gasteiger partial charge in [0.1, 0.15) is 0 Å². The van der Waals surface area contributed by atoms with Crippen molar-refractivity contribution in [3.63, 3.8) is 0 Å². The molecular formula is C18H26N2O. The van der Waals surface area contributed by atoms with Crippen LogP contribution >= 0.6 is 0 Å². The zero-order valence-electron chi connectivity index (χ0n) is 12.9. The van der Waals surface area contributed by atoms with Gasteiger partial charge in [-0.3, -0.25) is 4.79 Å². The molecule has 1 saturated heterocycles. The molecule has 1 amide bonds. The van der Waals surface area contributed by atoms with Gasteiger partial charge < -0.3 is 10.6 Å². The van der Waals surface area contributed by atoms with E-state index in [1.807, 2.05) is 6.07 Å². The molecule has 0 aromatic heterocycles. The lowest BCUT2D eigenvalue weighted by atomic mass is 9.77. The number of amides is 1. The lowest BCUT2D eigenvalue weighted by Gasteiger charge is -2.35. The van der Waals surface area contributed by atoms with Gasteiger partial charge in [0.05, 0.1) is 5.41 Å². The fourth-order valence-electron chi connectivity index (χ4n) is 4.23. The minimum atomic E-state index is -0.279. The molecule has 1 saturated carbocycles. The zero-order valence-corrected chi connectivity index (χ0v) is 12.9. The molecule has 3 nitrogen and oxygen atoms in total. The minimum absolute atomic E-state index is 0.279. The first-order valence-electron chi connectivity index (χ1n) is 8.24. The molecule has 1 aromatic rings. The molecule has 0 bridgehead atoms. The van der Waals surface area contributed by atoms with Crippen LogP contribution < -0.4 is 5.73 Å². The van der Waals surface area contributed by atoms with Gasteiger partial charge in [0, 0.05) is 12.6 Å². The van der Waals surface area contributed by atoms with Crippen LogP contribution in [0.1, 0.15) is 44.6 Å². The van der Waals surface area contributed by atoms with Crippen molar-refractivity contribution in [2.45, 2.75) is 50.5 Å². The first-order valence-corrected chi connectivity index (χ1v) is 8.24. The number of nitrogens with two attached hydrogens (primary N) is 1. The van der Waals surface area contributed by atoms with E-state index in [-0.39, 0.29) is 5.41 Å². The van der Waals surface area contributed by atoms with Crippen molar-refractivity contribution < 1.29 is 4.79 Å². The van der Waals surface area contributed by atoms with Gasteiger partial charge in [-0.25, -0.2) is 0 Å². The van der Waals surface area contributed by atoms with Crippen molar-refractivity contribution in [2.75, 3.05) is 13.1 Å². The SMILES string of the molecule is CC1CC(CN)CN1C(=O)C1(c2ccccc2)CCCC1. The lowest BCUT2D eigenvalue weighted by Crippen LogP contribution is -2.47. The highest BCUT2D eigenvalue weighted by Crippen LogP contribution is 2.44. The van der Waals surface area contributed by atoms with Gasteiger partial charge in [-0.2, -0.15) is 0 Å². The number of carbonyl (C=O) groups is 1. The number of carbonyl (C=O) groups excluding carboxylic acids is 1. The third-order valence-corrected chi connectivity index (χ3v) is 5.45. The smallest absolute Gasteiger partial charge is 0.233 e. The van der Waals surface area contributed by atoms with Crippen LogP contribution in [0.25, 0.3) is 0 Å². The molecule has 1 aromatic carbocycles. The molecular weight excluding hydrogens is 260 g/mol. The van der Waals surface area contributed by atoms with E-state index in [2.05, 4.69) is 36.1 Å². The Labute approximate surface area is 127 Å². The molecule has 2 fully saturated rings. The van der Waals surface area contributed by atoms with Crippen LogP contribution in [0.5, 0.6) is 0 Å². The molecule has 21 heavy (non-hydrogen) atoms. The van der Waals surface area contributed by atoms with Crippen molar-refractivity contribution >= 4 is 5.91 Å². The van der Waals surface area contributed by atoms with E-state index in [0.29, 0.717) is 24.4 Å². The minimum Gasteiger partial charge on any atom is -0.339 e. The molecule has 1 heterocycles. The van der Waals surface area contributed by atoms with Crippen molar-refractivity contribution in [2.24, 2.45) is 11.7 Å². The van der Waals surface area contributed by atoms with Gasteiger partial charge in [0.2, 0.25) is 5.91 Å². The van der Waals surface area contributed by atoms with E-state index in [9.17, 15) is 4.79 Å². The molecule has 2 atom stereocenters. The predicted molar refractivity (Wildman–Crippen MR) is 84.9 cm³/mol. The van der Waals surface area contributed by atoms with Crippen molar-refractivity contribution in [1.82, 2.24) is 4.90 Å². The van der Waals surface area contributed by atoms with E-state index >= 15 is 0 Å². The lowest BCUT2D eigenvalue weighted by molar-refractivity contribution is -0.138. The number of likely N-dealkylation sites (tertiary alicyclic amines) is 1. The topological polar surface area (TPSA) is 46.3 Å². The van der Waals surface area contributed by atoms with Crippen LogP contribution in [0.4, 0.5) is 0 Å². The maximum Gasteiger partial charge on any atom is 0.233 e. The Bertz CT molecular complexity index is 493. The standard InChI is InChI=1S/C18H26N2O/c1-14-11-15(12-19)13-20(14)17(21)18(9-5-6-10-18)16-7-3-2-4-8-16/h2-4,7-8,14-15H,5-6,9-13,19H2,1H3. The summed E-state index contributed by atoms with van der Waals surface area (Å²) < 4.78 is 0. The maximum atomic E-state index is 13.3. The highest BCUT2D eigenvalue weighted by atomic mass is 16.2. The average molecular weight is 286 g/mol. The Hall–Kier alpha value is -1.35. The molecule has 3 heteroatoms. The first kappa shape index (κ1) is 14.6. The number of rotatable bonds is 3. The maximum absolute atomic E-state index is 13.3. The number of benzene rings is 1. The second kappa shape index (κ2) is 5.80. The van der Waals surface area contributed by atoms with Crippen LogP contribution in [0.3, 0.4) is 0 Å². The normalized spacial score (nSPS) is 28.0. The molecule has 3 rings (SSSR count). The second-order valence-corrected chi connectivity index (χ2v) is 6.80. The molecule has 1 aliphatic carbocycles. The fourth-order valence-corrected chi connectivity index (χ4v) is 4.23. The summed E-state index contributed by atoms with van der Waals surface area (Å²) in [6.45, 7) is 3.69. The highest BCUT2D eigenvalue weighted by Gasteiger charge is 2.47. The average Bonchev–Trinajstić information content (AvgIpc) is 3.15. The number of nitrogens with zero attached hydrogens (tertiary/aromatic N) is 1. The van der Waals surface area contributed by atoms with Gasteiger partial charge in [0.25, 0.3) is 0 Å². The van der Waals surface area contributed by atoms with Gasteiger partial charge in [0.15, 0.2) is 0 Å². The quantitative estimate of drug-likeness (QED) is 0.928. The van der Waals surface area contributed by atoms with Crippen molar-refractivity contribution in [3.8, 4) is 0 Å². The van der Waals surface area contributed by atoms with E-state index < -0.39 is 0 Å². The van der Waals surface area contributed by atoms with Crippen LogP contribution in [0, 0.1) is 5.92 Å². The summed E-state index contributed by atoms with van der Waals surface area (Å²) in [5.41, 5.74) is 6.74. The molecule has 2 N–H and O–H groups in total. The molecule has 114 valence electrons.